The zero-order valence-corrected chi connectivity index (χ0v) is 19.1. The van der Waals surface area contributed by atoms with Gasteiger partial charge in [0.15, 0.2) is 4.80 Å². The van der Waals surface area contributed by atoms with Gasteiger partial charge in [-0.3, -0.25) is 4.79 Å². The number of rotatable bonds is 11. The van der Waals surface area contributed by atoms with Crippen molar-refractivity contribution in [2.75, 3.05) is 26.1 Å². The first-order valence-electron chi connectivity index (χ1n) is 10.2. The fourth-order valence-corrected chi connectivity index (χ4v) is 5.07. The van der Waals surface area contributed by atoms with Gasteiger partial charge in [0.05, 0.1) is 23.4 Å². The van der Waals surface area contributed by atoms with Crippen molar-refractivity contribution in [3.05, 3.63) is 58.9 Å². The van der Waals surface area contributed by atoms with E-state index in [2.05, 4.69) is 33.8 Å². The maximum Gasteiger partial charge on any atom is 0.248 e. The van der Waals surface area contributed by atoms with Crippen LogP contribution in [0.4, 0.5) is 0 Å². The van der Waals surface area contributed by atoms with Crippen LogP contribution in [0.2, 0.25) is 0 Å². The molecule has 0 saturated heterocycles. The zero-order chi connectivity index (χ0) is 21.2. The summed E-state index contributed by atoms with van der Waals surface area (Å²) in [6.07, 6.45) is 1.29. The van der Waals surface area contributed by atoms with Crippen LogP contribution < -0.4 is 9.54 Å². The monoisotopic (exact) mass is 444 g/mol. The SMILES string of the molecule is CCOc1ccc2c(c1)sc(=NC(=O)CCCSCc1ccccc1)n2CCOC. The highest BCUT2D eigenvalue weighted by Crippen LogP contribution is 2.23. The largest absolute Gasteiger partial charge is 0.494 e. The maximum absolute atomic E-state index is 12.5. The van der Waals surface area contributed by atoms with Crippen LogP contribution in [0.1, 0.15) is 25.3 Å². The summed E-state index contributed by atoms with van der Waals surface area (Å²) in [5.74, 6) is 2.68. The molecule has 0 unspecified atom stereocenters. The highest BCUT2D eigenvalue weighted by Gasteiger charge is 2.09. The van der Waals surface area contributed by atoms with E-state index in [1.807, 2.05) is 43.0 Å². The minimum atomic E-state index is -0.0712. The number of amides is 1. The number of ether oxygens (including phenoxy) is 2. The topological polar surface area (TPSA) is 52.8 Å². The Hall–Kier alpha value is -2.09. The lowest BCUT2D eigenvalue weighted by atomic mass is 10.2. The third kappa shape index (κ3) is 6.45. The molecule has 2 aromatic carbocycles. The highest BCUT2D eigenvalue weighted by atomic mass is 32.2. The minimum absolute atomic E-state index is 0.0712. The Morgan fingerprint density at radius 2 is 2.03 bits per heavy atom. The van der Waals surface area contributed by atoms with Crippen molar-refractivity contribution in [3.63, 3.8) is 0 Å². The van der Waals surface area contributed by atoms with E-state index < -0.39 is 0 Å². The van der Waals surface area contributed by atoms with E-state index in [1.54, 1.807) is 7.11 Å². The molecule has 0 N–H and O–H groups in total. The molecule has 0 fully saturated rings. The Morgan fingerprint density at radius 1 is 1.20 bits per heavy atom. The number of carbonyl (C=O) groups is 1. The van der Waals surface area contributed by atoms with Gasteiger partial charge in [-0.25, -0.2) is 0 Å². The van der Waals surface area contributed by atoms with Gasteiger partial charge in [0.1, 0.15) is 5.75 Å². The normalized spacial score (nSPS) is 11.9. The van der Waals surface area contributed by atoms with E-state index in [4.69, 9.17) is 9.47 Å². The van der Waals surface area contributed by atoms with Gasteiger partial charge < -0.3 is 14.0 Å². The summed E-state index contributed by atoms with van der Waals surface area (Å²) in [6.45, 7) is 3.81. The van der Waals surface area contributed by atoms with E-state index in [1.165, 1.54) is 16.9 Å². The number of thiazole rings is 1. The van der Waals surface area contributed by atoms with Crippen molar-refractivity contribution in [1.29, 1.82) is 0 Å². The Morgan fingerprint density at radius 3 is 2.80 bits per heavy atom. The average Bonchev–Trinajstić information content (AvgIpc) is 3.09. The molecule has 0 spiro atoms. The molecule has 0 atom stereocenters. The molecule has 0 aliphatic carbocycles. The molecule has 3 rings (SSSR count). The predicted molar refractivity (Wildman–Crippen MR) is 125 cm³/mol. The van der Waals surface area contributed by atoms with Gasteiger partial charge in [-0.2, -0.15) is 16.8 Å². The first kappa shape index (κ1) is 22.6. The zero-order valence-electron chi connectivity index (χ0n) is 17.5. The number of carbonyl (C=O) groups excluding carboxylic acids is 1. The molecule has 3 aromatic rings. The first-order valence-corrected chi connectivity index (χ1v) is 12.1. The molecule has 0 aliphatic heterocycles. The van der Waals surface area contributed by atoms with Crippen LogP contribution in [0, 0.1) is 0 Å². The van der Waals surface area contributed by atoms with Gasteiger partial charge >= 0.3 is 0 Å². The predicted octanol–water partition coefficient (Wildman–Crippen LogP) is 4.89. The highest BCUT2D eigenvalue weighted by molar-refractivity contribution is 7.98. The summed E-state index contributed by atoms with van der Waals surface area (Å²) in [5, 5.41) is 0. The second kappa shape index (κ2) is 11.9. The molecule has 1 aromatic heterocycles. The van der Waals surface area contributed by atoms with Crippen molar-refractivity contribution in [3.8, 4) is 5.75 Å². The van der Waals surface area contributed by atoms with Crippen LogP contribution >= 0.6 is 23.1 Å². The van der Waals surface area contributed by atoms with E-state index in [-0.39, 0.29) is 5.91 Å². The summed E-state index contributed by atoms with van der Waals surface area (Å²) in [5.41, 5.74) is 2.36. The molecule has 1 amide bonds. The number of hydrogen-bond donors (Lipinski definition) is 0. The van der Waals surface area contributed by atoms with Crippen LogP contribution in [0.25, 0.3) is 10.2 Å². The molecule has 1 heterocycles. The standard InChI is InChI=1S/C23H28N2O3S2/c1-3-28-19-11-12-20-21(16-19)30-23(25(20)13-14-27-2)24-22(26)10-7-15-29-17-18-8-5-4-6-9-18/h4-6,8-9,11-12,16H,3,7,10,13-15,17H2,1-2H3. The summed E-state index contributed by atoms with van der Waals surface area (Å²) in [6, 6.07) is 16.4. The third-order valence-electron chi connectivity index (χ3n) is 4.50. The second-order valence-electron chi connectivity index (χ2n) is 6.74. The van der Waals surface area contributed by atoms with Gasteiger partial charge in [0.25, 0.3) is 0 Å². The van der Waals surface area contributed by atoms with Gasteiger partial charge in [-0.1, -0.05) is 41.7 Å². The Labute approximate surface area is 185 Å². The Kier molecular flexibility index (Phi) is 8.99. The van der Waals surface area contributed by atoms with Gasteiger partial charge in [-0.05, 0) is 42.9 Å². The van der Waals surface area contributed by atoms with Crippen molar-refractivity contribution in [1.82, 2.24) is 4.57 Å². The van der Waals surface area contributed by atoms with Crippen molar-refractivity contribution >= 4 is 39.2 Å². The lowest BCUT2D eigenvalue weighted by molar-refractivity contribution is -0.118. The second-order valence-corrected chi connectivity index (χ2v) is 8.85. The van der Waals surface area contributed by atoms with Crippen LogP contribution in [0.5, 0.6) is 5.75 Å². The molecule has 160 valence electrons. The molecule has 0 saturated carbocycles. The fourth-order valence-electron chi connectivity index (χ4n) is 3.05. The van der Waals surface area contributed by atoms with Crippen LogP contribution in [0.15, 0.2) is 53.5 Å². The van der Waals surface area contributed by atoms with E-state index >= 15 is 0 Å². The number of benzene rings is 2. The quantitative estimate of drug-likeness (QED) is 0.395. The van der Waals surface area contributed by atoms with Gasteiger partial charge in [0, 0.05) is 25.8 Å². The van der Waals surface area contributed by atoms with Gasteiger partial charge in [-0.15, -0.1) is 0 Å². The Bertz CT molecular complexity index is 1010. The molecule has 0 radical (unpaired) electrons. The summed E-state index contributed by atoms with van der Waals surface area (Å²) in [4.78, 5) is 17.6. The van der Waals surface area contributed by atoms with E-state index in [9.17, 15) is 4.79 Å². The van der Waals surface area contributed by atoms with Crippen molar-refractivity contribution in [2.45, 2.75) is 32.1 Å². The van der Waals surface area contributed by atoms with Crippen molar-refractivity contribution < 1.29 is 14.3 Å². The van der Waals surface area contributed by atoms with Crippen LogP contribution in [-0.2, 0) is 21.8 Å². The number of nitrogens with zero attached hydrogens (tertiary/aromatic N) is 2. The molecular weight excluding hydrogens is 416 g/mol. The molecule has 30 heavy (non-hydrogen) atoms. The molecule has 0 bridgehead atoms. The lowest BCUT2D eigenvalue weighted by Gasteiger charge is -2.06. The summed E-state index contributed by atoms with van der Waals surface area (Å²) >= 11 is 3.37. The number of fused-ring (bicyclic) bond motifs is 1. The minimum Gasteiger partial charge on any atom is -0.494 e. The third-order valence-corrected chi connectivity index (χ3v) is 6.65. The van der Waals surface area contributed by atoms with Gasteiger partial charge in [0.2, 0.25) is 5.91 Å². The first-order chi connectivity index (χ1) is 14.7. The summed E-state index contributed by atoms with van der Waals surface area (Å²) in [7, 11) is 1.68. The number of aromatic nitrogens is 1. The number of methoxy groups -OCH3 is 1. The molecule has 7 heteroatoms. The molecule has 5 nitrogen and oxygen atoms in total. The number of thioether (sulfide) groups is 1. The molecular formula is C23H28N2O3S2. The smallest absolute Gasteiger partial charge is 0.248 e. The molecule has 0 aliphatic rings. The Balaban J connectivity index is 1.64. The van der Waals surface area contributed by atoms with Crippen LogP contribution in [0.3, 0.4) is 0 Å². The lowest BCUT2D eigenvalue weighted by Crippen LogP contribution is -2.19. The number of hydrogen-bond acceptors (Lipinski definition) is 5. The van der Waals surface area contributed by atoms with E-state index in [0.29, 0.717) is 26.2 Å². The maximum atomic E-state index is 12.5. The average molecular weight is 445 g/mol. The van der Waals surface area contributed by atoms with E-state index in [0.717, 1.165) is 38.7 Å². The fraction of sp³-hybridized carbons (Fsp3) is 0.391. The van der Waals surface area contributed by atoms with Crippen molar-refractivity contribution in [2.24, 2.45) is 4.99 Å². The van der Waals surface area contributed by atoms with Crippen LogP contribution in [-0.4, -0.2) is 36.6 Å². The summed E-state index contributed by atoms with van der Waals surface area (Å²) < 4.78 is 14.0.